The van der Waals surface area contributed by atoms with Crippen LogP contribution in [0.1, 0.15) is 12.5 Å². The van der Waals surface area contributed by atoms with E-state index >= 15 is 0 Å². The fraction of sp³-hybridized carbons (Fsp3) is 0.250. The molecule has 0 bridgehead atoms. The molecule has 0 radical (unpaired) electrons. The summed E-state index contributed by atoms with van der Waals surface area (Å²) in [6.45, 7) is 6.51. The molecule has 23 heavy (non-hydrogen) atoms. The molecule has 0 atom stereocenters. The first kappa shape index (κ1) is 16.8. The highest BCUT2D eigenvalue weighted by Gasteiger charge is 2.12. The van der Waals surface area contributed by atoms with E-state index in [2.05, 4.69) is 22.7 Å². The molecule has 0 spiro atoms. The number of nitrogens with one attached hydrogen (secondary N) is 3. The van der Waals surface area contributed by atoms with E-state index < -0.39 is 0 Å². The predicted molar refractivity (Wildman–Crippen MR) is 93.2 cm³/mol. The second-order valence-electron chi connectivity index (χ2n) is 4.82. The number of amides is 1. The Balaban J connectivity index is 1.80. The summed E-state index contributed by atoms with van der Waals surface area (Å²) in [6.07, 6.45) is 3.68. The van der Waals surface area contributed by atoms with Crippen molar-refractivity contribution in [1.82, 2.24) is 16.2 Å². The Bertz CT molecular complexity index is 643. The van der Waals surface area contributed by atoms with E-state index in [0.717, 1.165) is 11.3 Å². The van der Waals surface area contributed by atoms with Crippen LogP contribution in [0.25, 0.3) is 5.57 Å². The van der Waals surface area contributed by atoms with Gasteiger partial charge in [-0.3, -0.25) is 15.6 Å². The fourth-order valence-corrected chi connectivity index (χ4v) is 2.06. The smallest absolute Gasteiger partial charge is 0.276 e. The summed E-state index contributed by atoms with van der Waals surface area (Å²) in [7, 11) is 0. The zero-order valence-electron chi connectivity index (χ0n) is 12.8. The van der Waals surface area contributed by atoms with Crippen LogP contribution in [0.4, 0.5) is 0 Å². The summed E-state index contributed by atoms with van der Waals surface area (Å²) >= 11 is 4.95. The lowest BCUT2D eigenvalue weighted by atomic mass is 10.0. The third-order valence-electron chi connectivity index (χ3n) is 3.10. The molecule has 1 aliphatic heterocycles. The topological polar surface area (TPSA) is 71.6 Å². The molecule has 1 aromatic rings. The number of hydrogen-bond donors (Lipinski definition) is 3. The zero-order chi connectivity index (χ0) is 16.7. The van der Waals surface area contributed by atoms with Gasteiger partial charge in [-0.15, -0.1) is 6.58 Å². The molecule has 6 nitrogen and oxygen atoms in total. The van der Waals surface area contributed by atoms with Crippen molar-refractivity contribution in [2.24, 2.45) is 0 Å². The Hall–Kier alpha value is -2.54. The molecule has 3 N–H and O–H groups in total. The Kier molecular flexibility index (Phi) is 5.99. The third-order valence-corrected chi connectivity index (χ3v) is 3.35. The van der Waals surface area contributed by atoms with Gasteiger partial charge in [0.2, 0.25) is 0 Å². The van der Waals surface area contributed by atoms with Gasteiger partial charge in [0, 0.05) is 18.2 Å². The molecule has 0 unspecified atom stereocenters. The maximum Gasteiger partial charge on any atom is 0.276 e. The highest BCUT2D eigenvalue weighted by molar-refractivity contribution is 7.80. The highest BCUT2D eigenvalue weighted by Crippen LogP contribution is 2.32. The van der Waals surface area contributed by atoms with Gasteiger partial charge in [-0.25, -0.2) is 0 Å². The molecule has 0 saturated carbocycles. The van der Waals surface area contributed by atoms with E-state index in [4.69, 9.17) is 21.7 Å². The lowest BCUT2D eigenvalue weighted by molar-refractivity contribution is -0.123. The van der Waals surface area contributed by atoms with E-state index in [9.17, 15) is 4.79 Å². The molecule has 1 amide bonds. The maximum atomic E-state index is 11.7. The standard InChI is InChI=1S/C16H19N3O3S/c1-3-7-17-16(23)19-18-15(20)10-22-12-4-5-13-11(2)6-8-21-14(13)9-12/h3-6,9H,1,7-8,10H2,2H3,(H,18,20)(H2,17,19,23). The number of benzene rings is 1. The minimum atomic E-state index is -0.345. The molecule has 1 aromatic carbocycles. The molecule has 2 rings (SSSR count). The first-order valence-corrected chi connectivity index (χ1v) is 7.51. The van der Waals surface area contributed by atoms with Crippen LogP contribution in [0.5, 0.6) is 11.5 Å². The minimum absolute atomic E-state index is 0.134. The first-order valence-electron chi connectivity index (χ1n) is 7.10. The van der Waals surface area contributed by atoms with Gasteiger partial charge in [0.15, 0.2) is 11.7 Å². The lowest BCUT2D eigenvalue weighted by Gasteiger charge is -2.17. The summed E-state index contributed by atoms with van der Waals surface area (Å²) in [5.74, 6) is 0.985. The summed E-state index contributed by atoms with van der Waals surface area (Å²) in [5, 5.41) is 3.13. The number of hydrazine groups is 1. The quantitative estimate of drug-likeness (QED) is 0.431. The summed E-state index contributed by atoms with van der Waals surface area (Å²) in [6, 6.07) is 5.50. The summed E-state index contributed by atoms with van der Waals surface area (Å²) in [4.78, 5) is 11.7. The van der Waals surface area contributed by atoms with E-state index in [1.54, 1.807) is 12.1 Å². The van der Waals surface area contributed by atoms with Crippen molar-refractivity contribution in [3.63, 3.8) is 0 Å². The summed E-state index contributed by atoms with van der Waals surface area (Å²) in [5.41, 5.74) is 7.21. The van der Waals surface area contributed by atoms with E-state index in [1.165, 1.54) is 5.57 Å². The van der Waals surface area contributed by atoms with Crippen molar-refractivity contribution in [2.45, 2.75) is 6.92 Å². The average Bonchev–Trinajstić information content (AvgIpc) is 2.56. The molecular formula is C16H19N3O3S. The third kappa shape index (κ3) is 5.00. The number of thiocarbonyl (C=S) groups is 1. The molecule has 0 aliphatic carbocycles. The van der Waals surface area contributed by atoms with Gasteiger partial charge in [-0.1, -0.05) is 6.08 Å². The van der Waals surface area contributed by atoms with Crippen molar-refractivity contribution in [3.8, 4) is 11.5 Å². The zero-order valence-corrected chi connectivity index (χ0v) is 13.7. The van der Waals surface area contributed by atoms with E-state index in [1.807, 2.05) is 25.1 Å². The second-order valence-corrected chi connectivity index (χ2v) is 5.22. The van der Waals surface area contributed by atoms with Gasteiger partial charge >= 0.3 is 0 Å². The molecular weight excluding hydrogens is 314 g/mol. The Morgan fingerprint density at radius 3 is 3.09 bits per heavy atom. The van der Waals surface area contributed by atoms with Crippen LogP contribution in [0.2, 0.25) is 0 Å². The van der Waals surface area contributed by atoms with Gasteiger partial charge in [0.1, 0.15) is 18.1 Å². The number of rotatable bonds is 5. The molecule has 0 saturated heterocycles. The molecule has 0 fully saturated rings. The van der Waals surface area contributed by atoms with Crippen LogP contribution < -0.4 is 25.6 Å². The number of allylic oxidation sites excluding steroid dienone is 1. The SMILES string of the molecule is C=CCNC(=S)NNC(=O)COc1ccc2c(c1)OCC=C2C. The first-order chi connectivity index (χ1) is 11.1. The van der Waals surface area contributed by atoms with E-state index in [0.29, 0.717) is 24.0 Å². The van der Waals surface area contributed by atoms with Crippen molar-refractivity contribution in [2.75, 3.05) is 19.8 Å². The Morgan fingerprint density at radius 2 is 2.30 bits per heavy atom. The Labute approximate surface area is 140 Å². The average molecular weight is 333 g/mol. The van der Waals surface area contributed by atoms with E-state index in [-0.39, 0.29) is 12.5 Å². The highest BCUT2D eigenvalue weighted by atomic mass is 32.1. The molecule has 122 valence electrons. The van der Waals surface area contributed by atoms with Gasteiger partial charge in [0.25, 0.3) is 5.91 Å². The van der Waals surface area contributed by atoms with Gasteiger partial charge in [-0.05, 0) is 42.9 Å². The number of ether oxygens (including phenoxy) is 2. The molecule has 1 heterocycles. The fourth-order valence-electron chi connectivity index (χ4n) is 1.92. The van der Waals surface area contributed by atoms with Crippen LogP contribution in [0.15, 0.2) is 36.9 Å². The van der Waals surface area contributed by atoms with Crippen molar-refractivity contribution >= 4 is 28.8 Å². The van der Waals surface area contributed by atoms with Crippen LogP contribution >= 0.6 is 12.2 Å². The van der Waals surface area contributed by atoms with Crippen LogP contribution in [-0.4, -0.2) is 30.8 Å². The number of carbonyl (C=O) groups excluding carboxylic acids is 1. The van der Waals surface area contributed by atoms with Gasteiger partial charge in [0.05, 0.1) is 0 Å². The van der Waals surface area contributed by atoms with Crippen molar-refractivity contribution < 1.29 is 14.3 Å². The van der Waals surface area contributed by atoms with Gasteiger partial charge in [-0.2, -0.15) is 0 Å². The van der Waals surface area contributed by atoms with Crippen LogP contribution in [0, 0.1) is 0 Å². The Morgan fingerprint density at radius 1 is 1.48 bits per heavy atom. The normalized spacial score (nSPS) is 12.1. The number of fused-ring (bicyclic) bond motifs is 1. The van der Waals surface area contributed by atoms with Crippen molar-refractivity contribution in [1.29, 1.82) is 0 Å². The van der Waals surface area contributed by atoms with Crippen LogP contribution in [-0.2, 0) is 4.79 Å². The maximum absolute atomic E-state index is 11.7. The number of carbonyl (C=O) groups is 1. The minimum Gasteiger partial charge on any atom is -0.489 e. The molecule has 7 heteroatoms. The van der Waals surface area contributed by atoms with Crippen molar-refractivity contribution in [3.05, 3.63) is 42.5 Å². The summed E-state index contributed by atoms with van der Waals surface area (Å²) < 4.78 is 11.0. The second kappa shape index (κ2) is 8.19. The monoisotopic (exact) mass is 333 g/mol. The molecule has 0 aromatic heterocycles. The predicted octanol–water partition coefficient (Wildman–Crippen LogP) is 1.54. The van der Waals surface area contributed by atoms with Crippen LogP contribution in [0.3, 0.4) is 0 Å². The molecule has 1 aliphatic rings. The number of hydrogen-bond acceptors (Lipinski definition) is 4. The lowest BCUT2D eigenvalue weighted by Crippen LogP contribution is -2.48. The van der Waals surface area contributed by atoms with Gasteiger partial charge < -0.3 is 14.8 Å². The largest absolute Gasteiger partial charge is 0.489 e.